The molecule has 0 saturated carbocycles. The molecule has 2 aliphatic rings. The van der Waals surface area contributed by atoms with Gasteiger partial charge in [0.05, 0.1) is 19.4 Å². The normalized spacial score (nSPS) is 20.4. The Bertz CT molecular complexity index is 944. The summed E-state index contributed by atoms with van der Waals surface area (Å²) in [6.07, 6.45) is 9.52. The van der Waals surface area contributed by atoms with Crippen molar-refractivity contribution in [1.29, 1.82) is 0 Å². The molecule has 1 aromatic heterocycles. The fourth-order valence-corrected chi connectivity index (χ4v) is 3.63. The molecular formula is C23H29N7O2. The van der Waals surface area contributed by atoms with Crippen LogP contribution in [0.15, 0.2) is 66.2 Å². The minimum absolute atomic E-state index is 0.0862. The molecule has 32 heavy (non-hydrogen) atoms. The SMILES string of the molecule is O=C(NCCCN1CCOCC1)c1cccc(NC2(Nc3ccncc3)C=NC=CN2)c1. The summed E-state index contributed by atoms with van der Waals surface area (Å²) >= 11 is 0. The van der Waals surface area contributed by atoms with Crippen LogP contribution in [0.2, 0.25) is 0 Å². The summed E-state index contributed by atoms with van der Waals surface area (Å²) in [6.45, 7) is 5.11. The molecule has 0 aliphatic carbocycles. The van der Waals surface area contributed by atoms with E-state index in [9.17, 15) is 4.79 Å². The molecule has 1 saturated heterocycles. The number of pyridine rings is 1. The molecule has 1 atom stereocenters. The Balaban J connectivity index is 1.35. The molecule has 3 heterocycles. The molecule has 9 heteroatoms. The molecule has 1 unspecified atom stereocenters. The average Bonchev–Trinajstić information content (AvgIpc) is 2.83. The van der Waals surface area contributed by atoms with Crippen molar-refractivity contribution in [2.75, 3.05) is 50.0 Å². The van der Waals surface area contributed by atoms with Gasteiger partial charge in [0, 0.05) is 61.4 Å². The molecule has 1 fully saturated rings. The van der Waals surface area contributed by atoms with Gasteiger partial charge in [-0.3, -0.25) is 19.7 Å². The maximum absolute atomic E-state index is 12.7. The van der Waals surface area contributed by atoms with E-state index < -0.39 is 5.79 Å². The topological polar surface area (TPSA) is 103 Å². The number of amides is 1. The van der Waals surface area contributed by atoms with Gasteiger partial charge in [-0.25, -0.2) is 0 Å². The Morgan fingerprint density at radius 1 is 1.12 bits per heavy atom. The second kappa shape index (κ2) is 10.7. The number of rotatable bonds is 9. The van der Waals surface area contributed by atoms with Gasteiger partial charge >= 0.3 is 0 Å². The van der Waals surface area contributed by atoms with Crippen LogP contribution >= 0.6 is 0 Å². The van der Waals surface area contributed by atoms with Crippen LogP contribution in [-0.4, -0.2) is 67.2 Å². The molecule has 1 aromatic carbocycles. The summed E-state index contributed by atoms with van der Waals surface area (Å²) < 4.78 is 5.37. The number of aromatic nitrogens is 1. The molecule has 2 aliphatic heterocycles. The minimum atomic E-state index is -0.844. The van der Waals surface area contributed by atoms with E-state index in [1.807, 2.05) is 36.4 Å². The van der Waals surface area contributed by atoms with Crippen LogP contribution in [0.3, 0.4) is 0 Å². The number of aliphatic imine (C=N–C) groups is 1. The maximum Gasteiger partial charge on any atom is 0.251 e. The van der Waals surface area contributed by atoms with E-state index in [-0.39, 0.29) is 5.91 Å². The predicted molar refractivity (Wildman–Crippen MR) is 126 cm³/mol. The molecule has 1 amide bonds. The van der Waals surface area contributed by atoms with Crippen LogP contribution in [0.4, 0.5) is 11.4 Å². The molecule has 9 nitrogen and oxygen atoms in total. The van der Waals surface area contributed by atoms with Crippen LogP contribution in [0.1, 0.15) is 16.8 Å². The second-order valence-electron chi connectivity index (χ2n) is 7.68. The average molecular weight is 436 g/mol. The number of nitrogens with zero attached hydrogens (tertiary/aromatic N) is 3. The van der Waals surface area contributed by atoms with Crippen LogP contribution in [0, 0.1) is 0 Å². The number of carbonyl (C=O) groups excluding carboxylic acids is 1. The van der Waals surface area contributed by atoms with E-state index in [0.29, 0.717) is 12.1 Å². The summed E-state index contributed by atoms with van der Waals surface area (Å²) in [5.74, 6) is -0.930. The molecule has 4 rings (SSSR count). The summed E-state index contributed by atoms with van der Waals surface area (Å²) in [5, 5.41) is 13.1. The van der Waals surface area contributed by atoms with Crippen molar-refractivity contribution in [3.8, 4) is 0 Å². The van der Waals surface area contributed by atoms with E-state index >= 15 is 0 Å². The molecule has 0 radical (unpaired) electrons. The molecule has 2 aromatic rings. The number of hydrogen-bond donors (Lipinski definition) is 4. The first kappa shape index (κ1) is 21.8. The third-order valence-corrected chi connectivity index (χ3v) is 5.27. The van der Waals surface area contributed by atoms with Gasteiger partial charge < -0.3 is 26.0 Å². The third kappa shape index (κ3) is 6.05. The number of benzene rings is 1. The van der Waals surface area contributed by atoms with Crippen LogP contribution in [-0.2, 0) is 4.74 Å². The predicted octanol–water partition coefficient (Wildman–Crippen LogP) is 1.86. The van der Waals surface area contributed by atoms with Crippen molar-refractivity contribution >= 4 is 23.5 Å². The Morgan fingerprint density at radius 3 is 2.72 bits per heavy atom. The van der Waals surface area contributed by atoms with Crippen molar-refractivity contribution < 1.29 is 9.53 Å². The van der Waals surface area contributed by atoms with E-state index in [0.717, 1.165) is 50.6 Å². The highest BCUT2D eigenvalue weighted by molar-refractivity contribution is 5.95. The fourth-order valence-electron chi connectivity index (χ4n) is 3.63. The summed E-state index contributed by atoms with van der Waals surface area (Å²) in [6, 6.07) is 11.2. The van der Waals surface area contributed by atoms with Crippen LogP contribution in [0.25, 0.3) is 0 Å². The lowest BCUT2D eigenvalue weighted by molar-refractivity contribution is 0.0374. The van der Waals surface area contributed by atoms with Crippen LogP contribution in [0.5, 0.6) is 0 Å². The smallest absolute Gasteiger partial charge is 0.251 e. The van der Waals surface area contributed by atoms with E-state index in [2.05, 4.69) is 36.1 Å². The highest BCUT2D eigenvalue weighted by atomic mass is 16.5. The fraction of sp³-hybridized carbons (Fsp3) is 0.348. The minimum Gasteiger partial charge on any atom is -0.379 e. The summed E-state index contributed by atoms with van der Waals surface area (Å²) in [5.41, 5.74) is 2.25. The number of hydrogen-bond acceptors (Lipinski definition) is 8. The van der Waals surface area contributed by atoms with E-state index in [4.69, 9.17) is 4.74 Å². The number of ether oxygens (including phenoxy) is 1. The zero-order valence-corrected chi connectivity index (χ0v) is 18.0. The Morgan fingerprint density at radius 2 is 1.94 bits per heavy atom. The molecular weight excluding hydrogens is 406 g/mol. The number of anilines is 2. The third-order valence-electron chi connectivity index (χ3n) is 5.27. The van der Waals surface area contributed by atoms with Gasteiger partial charge in [-0.15, -0.1) is 0 Å². The van der Waals surface area contributed by atoms with Gasteiger partial charge in [-0.05, 0) is 43.3 Å². The van der Waals surface area contributed by atoms with Gasteiger partial charge in [0.2, 0.25) is 5.79 Å². The van der Waals surface area contributed by atoms with Crippen molar-refractivity contribution in [2.45, 2.75) is 12.2 Å². The van der Waals surface area contributed by atoms with Gasteiger partial charge in [-0.2, -0.15) is 0 Å². The van der Waals surface area contributed by atoms with Gasteiger partial charge in [0.1, 0.15) is 0 Å². The highest BCUT2D eigenvalue weighted by Crippen LogP contribution is 2.19. The standard InChI is InChI=1S/C23H29N7O2/c31-22(26-7-2-12-30-13-15-32-16-14-30)19-3-1-4-21(17-19)29-23(18-25-10-11-27-23)28-20-5-8-24-9-6-20/h1,3-6,8-11,17-18,27,29H,2,7,12-16H2,(H,24,28)(H,26,31). The first-order valence-electron chi connectivity index (χ1n) is 10.8. The van der Waals surface area contributed by atoms with E-state index in [1.165, 1.54) is 0 Å². The molecule has 0 spiro atoms. The lowest BCUT2D eigenvalue weighted by Gasteiger charge is -2.35. The monoisotopic (exact) mass is 435 g/mol. The number of nitrogens with one attached hydrogen (secondary N) is 4. The summed E-state index contributed by atoms with van der Waals surface area (Å²) in [4.78, 5) is 23.3. The summed E-state index contributed by atoms with van der Waals surface area (Å²) in [7, 11) is 0. The highest BCUT2D eigenvalue weighted by Gasteiger charge is 2.28. The van der Waals surface area contributed by atoms with Crippen molar-refractivity contribution in [3.63, 3.8) is 0 Å². The largest absolute Gasteiger partial charge is 0.379 e. The lowest BCUT2D eigenvalue weighted by atomic mass is 10.1. The quantitative estimate of drug-likeness (QED) is 0.352. The van der Waals surface area contributed by atoms with Crippen molar-refractivity contribution in [2.24, 2.45) is 4.99 Å². The zero-order valence-electron chi connectivity index (χ0n) is 18.0. The Hall–Kier alpha value is -3.43. The first-order valence-corrected chi connectivity index (χ1v) is 10.8. The van der Waals surface area contributed by atoms with E-state index in [1.54, 1.807) is 31.0 Å². The Labute approximate surface area is 188 Å². The maximum atomic E-state index is 12.7. The molecule has 0 bridgehead atoms. The lowest BCUT2D eigenvalue weighted by Crippen LogP contribution is -2.58. The Kier molecular flexibility index (Phi) is 7.31. The van der Waals surface area contributed by atoms with Gasteiger partial charge in [-0.1, -0.05) is 6.07 Å². The molecule has 4 N–H and O–H groups in total. The number of carbonyl (C=O) groups is 1. The first-order chi connectivity index (χ1) is 15.7. The van der Waals surface area contributed by atoms with Gasteiger partial charge in [0.25, 0.3) is 5.91 Å². The van der Waals surface area contributed by atoms with Gasteiger partial charge in [0.15, 0.2) is 0 Å². The zero-order chi connectivity index (χ0) is 22.1. The van der Waals surface area contributed by atoms with Crippen molar-refractivity contribution in [3.05, 3.63) is 66.8 Å². The second-order valence-corrected chi connectivity index (χ2v) is 7.68. The molecule has 168 valence electrons. The van der Waals surface area contributed by atoms with Crippen LogP contribution < -0.4 is 21.3 Å². The van der Waals surface area contributed by atoms with Crippen molar-refractivity contribution in [1.82, 2.24) is 20.5 Å². The number of morpholine rings is 1.